The number of hydrogen-bond donors (Lipinski definition) is 1. The first-order valence-corrected chi connectivity index (χ1v) is 10.8. The number of carbonyl (C=O) groups excluding carboxylic acids is 1. The summed E-state index contributed by atoms with van der Waals surface area (Å²) in [5.74, 6) is 0.223. The van der Waals surface area contributed by atoms with Crippen LogP contribution < -0.4 is 0 Å². The molecule has 1 aliphatic carbocycles. The second-order valence-corrected chi connectivity index (χ2v) is 8.85. The van der Waals surface area contributed by atoms with Gasteiger partial charge in [-0.15, -0.1) is 0 Å². The van der Waals surface area contributed by atoms with Crippen molar-refractivity contribution in [2.45, 2.75) is 44.0 Å². The zero-order valence-electron chi connectivity index (χ0n) is 14.2. The molecule has 1 aliphatic heterocycles. The highest BCUT2D eigenvalue weighted by atomic mass is 31.1. The Hall–Kier alpha value is -0.725. The molecule has 1 aromatic carbocycles. The van der Waals surface area contributed by atoms with Gasteiger partial charge in [0.25, 0.3) is 0 Å². The van der Waals surface area contributed by atoms with E-state index in [9.17, 15) is 9.90 Å². The number of aryl methyl sites for hydroxylation is 1. The SMILES string of the molecule is O=C1C[C@@H]2[C@@H](/C=C/C(O)CCc3ccccc3)[C@H](OPBP)C[C@@H]2O1. The van der Waals surface area contributed by atoms with Gasteiger partial charge in [0.2, 0.25) is 6.72 Å². The fourth-order valence-electron chi connectivity index (χ4n) is 3.76. The number of carbonyl (C=O) groups is 1. The highest BCUT2D eigenvalue weighted by Crippen LogP contribution is 2.45. The van der Waals surface area contributed by atoms with Gasteiger partial charge in [0, 0.05) is 18.3 Å². The maximum atomic E-state index is 11.6. The highest BCUT2D eigenvalue weighted by Gasteiger charge is 2.49. The van der Waals surface area contributed by atoms with Gasteiger partial charge < -0.3 is 14.4 Å². The molecule has 1 heterocycles. The summed E-state index contributed by atoms with van der Waals surface area (Å²) < 4.78 is 11.4. The van der Waals surface area contributed by atoms with E-state index in [0.717, 1.165) is 19.6 Å². The lowest BCUT2D eigenvalue weighted by Crippen LogP contribution is -2.20. The zero-order valence-corrected chi connectivity index (χ0v) is 16.4. The summed E-state index contributed by atoms with van der Waals surface area (Å²) in [6.45, 7) is 0.918. The number of aliphatic hydroxyl groups excluding tert-OH is 1. The highest BCUT2D eigenvalue weighted by molar-refractivity contribution is 7.92. The van der Waals surface area contributed by atoms with Crippen LogP contribution in [0, 0.1) is 11.8 Å². The molecule has 2 aliphatic rings. The van der Waals surface area contributed by atoms with Gasteiger partial charge in [-0.25, -0.2) is 0 Å². The summed E-state index contributed by atoms with van der Waals surface area (Å²) in [5, 5.41) is 10.3. The van der Waals surface area contributed by atoms with Crippen molar-refractivity contribution in [3.05, 3.63) is 48.0 Å². The van der Waals surface area contributed by atoms with Crippen molar-refractivity contribution >= 4 is 30.5 Å². The number of esters is 1. The molecular weight excluding hydrogens is 353 g/mol. The molecule has 3 rings (SSSR count). The molecule has 1 aromatic rings. The number of fused-ring (bicyclic) bond motifs is 1. The van der Waals surface area contributed by atoms with Crippen LogP contribution >= 0.6 is 17.8 Å². The second-order valence-electron chi connectivity index (χ2n) is 6.69. The van der Waals surface area contributed by atoms with Crippen molar-refractivity contribution in [2.24, 2.45) is 11.8 Å². The molecule has 7 atom stereocenters. The summed E-state index contributed by atoms with van der Waals surface area (Å²) >= 11 is 0. The summed E-state index contributed by atoms with van der Waals surface area (Å²) in [7, 11) is 3.12. The van der Waals surface area contributed by atoms with Crippen LogP contribution in [0.15, 0.2) is 42.5 Å². The number of ether oxygens (including phenoxy) is 1. The molecule has 0 radical (unpaired) electrons. The van der Waals surface area contributed by atoms with Gasteiger partial charge in [0.05, 0.1) is 18.6 Å². The van der Waals surface area contributed by atoms with Crippen LogP contribution in [0.3, 0.4) is 0 Å². The third kappa shape index (κ3) is 5.14. The first kappa shape index (κ1) is 19.0. The second kappa shape index (κ2) is 9.28. The van der Waals surface area contributed by atoms with E-state index in [-0.39, 0.29) is 30.0 Å². The maximum absolute atomic E-state index is 11.6. The summed E-state index contributed by atoms with van der Waals surface area (Å²) in [5.41, 5.74) is 1.23. The molecule has 1 N–H and O–H groups in total. The molecule has 3 unspecified atom stereocenters. The Morgan fingerprint density at radius 3 is 3.00 bits per heavy atom. The molecule has 134 valence electrons. The molecule has 0 spiro atoms. The Morgan fingerprint density at radius 1 is 1.44 bits per heavy atom. The minimum atomic E-state index is -0.484. The molecule has 2 fully saturated rings. The van der Waals surface area contributed by atoms with Crippen LogP contribution in [0.25, 0.3) is 0 Å². The molecule has 25 heavy (non-hydrogen) atoms. The van der Waals surface area contributed by atoms with Gasteiger partial charge in [0.15, 0.2) is 0 Å². The Morgan fingerprint density at radius 2 is 2.24 bits per heavy atom. The smallest absolute Gasteiger partial charge is 0.306 e. The first-order valence-electron chi connectivity index (χ1n) is 8.85. The largest absolute Gasteiger partial charge is 0.462 e. The van der Waals surface area contributed by atoms with Gasteiger partial charge in [0.1, 0.15) is 6.10 Å². The fraction of sp³-hybridized carbons (Fsp3) is 0.500. The van der Waals surface area contributed by atoms with Crippen LogP contribution in [0.5, 0.6) is 0 Å². The lowest BCUT2D eigenvalue weighted by Gasteiger charge is -2.20. The van der Waals surface area contributed by atoms with Gasteiger partial charge in [-0.05, 0) is 27.1 Å². The van der Waals surface area contributed by atoms with Crippen molar-refractivity contribution in [3.63, 3.8) is 0 Å². The molecule has 4 nitrogen and oxygen atoms in total. The number of rotatable bonds is 8. The average Bonchev–Trinajstić information content (AvgIpc) is 3.13. The van der Waals surface area contributed by atoms with Crippen molar-refractivity contribution < 1.29 is 19.2 Å². The van der Waals surface area contributed by atoms with Crippen LogP contribution in [0.2, 0.25) is 0 Å². The van der Waals surface area contributed by atoms with E-state index in [4.69, 9.17) is 9.26 Å². The van der Waals surface area contributed by atoms with E-state index in [1.165, 1.54) is 5.56 Å². The van der Waals surface area contributed by atoms with Gasteiger partial charge in [-0.2, -0.15) is 9.12 Å². The third-order valence-corrected chi connectivity index (χ3v) is 6.13. The van der Waals surface area contributed by atoms with E-state index in [0.29, 0.717) is 21.5 Å². The molecular formula is C18H25BO4P2. The van der Waals surface area contributed by atoms with Gasteiger partial charge >= 0.3 is 5.97 Å². The monoisotopic (exact) mass is 378 g/mol. The van der Waals surface area contributed by atoms with E-state index in [1.807, 2.05) is 24.3 Å². The van der Waals surface area contributed by atoms with Gasteiger partial charge in [-0.3, -0.25) is 4.79 Å². The average molecular weight is 378 g/mol. The lowest BCUT2D eigenvalue weighted by molar-refractivity contribution is -0.141. The van der Waals surface area contributed by atoms with Crippen molar-refractivity contribution in [3.8, 4) is 0 Å². The molecule has 0 bridgehead atoms. The zero-order chi connectivity index (χ0) is 17.6. The Bertz CT molecular complexity index is 598. The third-order valence-electron chi connectivity index (χ3n) is 5.00. The Labute approximate surface area is 154 Å². The normalized spacial score (nSPS) is 30.1. The quantitative estimate of drug-likeness (QED) is 0.327. The van der Waals surface area contributed by atoms with E-state index >= 15 is 0 Å². The molecule has 1 saturated carbocycles. The molecule has 7 heteroatoms. The van der Waals surface area contributed by atoms with Crippen LogP contribution in [0.4, 0.5) is 0 Å². The Balaban J connectivity index is 1.57. The topological polar surface area (TPSA) is 55.8 Å². The molecule has 0 aromatic heterocycles. The van der Waals surface area contributed by atoms with E-state index < -0.39 is 6.10 Å². The standard InChI is InChI=1S/C18H25BO4P2/c20-13(7-6-12-4-2-1-3-5-12)8-9-14-15-10-18(21)22-16(15)11-17(14)23-25-19-24/h1-5,8-9,13-17,19-20,25H,6-7,10-11,24H2/b9-8+/t13?,14-,15-,16+,17-/m1/s1. The number of benzene rings is 1. The predicted molar refractivity (Wildman–Crippen MR) is 106 cm³/mol. The van der Waals surface area contributed by atoms with Crippen LogP contribution in [0.1, 0.15) is 24.8 Å². The van der Waals surface area contributed by atoms with Crippen LogP contribution in [-0.2, 0) is 20.5 Å². The van der Waals surface area contributed by atoms with Gasteiger partial charge in [-0.1, -0.05) is 42.5 Å². The summed E-state index contributed by atoms with van der Waals surface area (Å²) in [6, 6.07) is 10.2. The fourth-order valence-corrected chi connectivity index (χ4v) is 4.61. The number of hydrogen-bond acceptors (Lipinski definition) is 4. The Kier molecular flexibility index (Phi) is 7.07. The molecule has 0 amide bonds. The first-order chi connectivity index (χ1) is 12.2. The molecule has 1 saturated heterocycles. The minimum absolute atomic E-state index is 0.0251. The lowest BCUT2D eigenvalue weighted by atomic mass is 9.91. The predicted octanol–water partition coefficient (Wildman–Crippen LogP) is 2.61. The summed E-state index contributed by atoms with van der Waals surface area (Å²) in [6.07, 6.45) is 6.27. The van der Waals surface area contributed by atoms with Crippen molar-refractivity contribution in [1.29, 1.82) is 0 Å². The summed E-state index contributed by atoms with van der Waals surface area (Å²) in [4.78, 5) is 11.6. The minimum Gasteiger partial charge on any atom is -0.462 e. The van der Waals surface area contributed by atoms with Crippen LogP contribution in [-0.4, -0.2) is 36.1 Å². The van der Waals surface area contributed by atoms with Crippen molar-refractivity contribution in [1.82, 2.24) is 0 Å². The van der Waals surface area contributed by atoms with E-state index in [1.54, 1.807) is 0 Å². The maximum Gasteiger partial charge on any atom is 0.306 e. The number of aliphatic hydroxyl groups is 1. The van der Waals surface area contributed by atoms with E-state index in [2.05, 4.69) is 27.3 Å². The van der Waals surface area contributed by atoms with Crippen molar-refractivity contribution in [2.75, 3.05) is 0 Å².